The summed E-state index contributed by atoms with van der Waals surface area (Å²) < 4.78 is 0. The summed E-state index contributed by atoms with van der Waals surface area (Å²) in [5.41, 5.74) is 11.2. The van der Waals surface area contributed by atoms with Gasteiger partial charge in [-0.25, -0.2) is 24.3 Å². The molecule has 0 aliphatic carbocycles. The van der Waals surface area contributed by atoms with Crippen LogP contribution in [0.25, 0.3) is 0 Å². The average molecular weight is 667 g/mol. The number of hydrogen-bond donors (Lipinski definition) is 0. The van der Waals surface area contributed by atoms with Crippen LogP contribution in [-0.2, 0) is 17.1 Å². The van der Waals surface area contributed by atoms with Crippen molar-refractivity contribution < 1.29 is 17.1 Å². The minimum absolute atomic E-state index is 0. The summed E-state index contributed by atoms with van der Waals surface area (Å²) in [4.78, 5) is 0. The van der Waals surface area contributed by atoms with E-state index in [0.29, 0.717) is 0 Å². The van der Waals surface area contributed by atoms with Crippen molar-refractivity contribution in [1.29, 1.82) is 0 Å². The molecule has 0 bridgehead atoms. The molecule has 0 saturated heterocycles. The van der Waals surface area contributed by atoms with Crippen LogP contribution in [0.5, 0.6) is 0 Å². The summed E-state index contributed by atoms with van der Waals surface area (Å²) in [5.74, 6) is 0. The Hall–Kier alpha value is -3.04. The molecule has 3 heteroatoms. The molecule has 6 aromatic carbocycles. The topological polar surface area (TPSA) is 0 Å². The number of aryl methyl sites for hydroxylation is 4. The molecule has 6 aromatic rings. The molecule has 0 aliphatic heterocycles. The number of benzene rings is 4. The summed E-state index contributed by atoms with van der Waals surface area (Å²) in [5, 5.41) is 8.81. The van der Waals surface area contributed by atoms with E-state index in [0.717, 1.165) is 0 Å². The van der Waals surface area contributed by atoms with Gasteiger partial charge < -0.3 is 0 Å². The normalized spacial score (nSPS) is 10.9. The van der Waals surface area contributed by atoms with E-state index >= 15 is 0 Å². The van der Waals surface area contributed by atoms with Crippen molar-refractivity contribution in [3.63, 3.8) is 0 Å². The molecule has 0 amide bonds. The Labute approximate surface area is 284 Å². The SMILES string of the molecule is Cc1cccc(P(c2ccc[cH-]2)c2cccc(C)c2C)c1C.Cc1cccc(P(c2ccc[cH-]2)c2cccc(C)c2C)c1C.[Fe+2]. The molecule has 0 aliphatic rings. The van der Waals surface area contributed by atoms with Gasteiger partial charge in [-0.05, 0) is 137 Å². The molecule has 0 atom stereocenters. The molecule has 0 saturated carbocycles. The van der Waals surface area contributed by atoms with Crippen LogP contribution in [0.1, 0.15) is 44.5 Å². The Kier molecular flexibility index (Phi) is 12.0. The summed E-state index contributed by atoms with van der Waals surface area (Å²) in [7, 11) is -0.966. The molecule has 230 valence electrons. The zero-order valence-corrected chi connectivity index (χ0v) is 30.7. The third-order valence-corrected chi connectivity index (χ3v) is 14.6. The van der Waals surface area contributed by atoms with E-state index in [1.165, 1.54) is 76.3 Å². The van der Waals surface area contributed by atoms with E-state index in [9.17, 15) is 0 Å². The van der Waals surface area contributed by atoms with Gasteiger partial charge in [-0.15, -0.1) is 10.6 Å². The first-order chi connectivity index (χ1) is 21.2. The van der Waals surface area contributed by atoms with Crippen molar-refractivity contribution in [2.24, 2.45) is 0 Å². The molecule has 6 rings (SSSR count). The van der Waals surface area contributed by atoms with Crippen LogP contribution in [0.2, 0.25) is 0 Å². The Morgan fingerprint density at radius 2 is 0.622 bits per heavy atom. The summed E-state index contributed by atoms with van der Waals surface area (Å²) in [6.45, 7) is 17.9. The monoisotopic (exact) mass is 666 g/mol. The fourth-order valence-electron chi connectivity index (χ4n) is 5.75. The molecule has 0 unspecified atom stereocenters. The van der Waals surface area contributed by atoms with E-state index in [2.05, 4.69) is 177 Å². The molecule has 0 radical (unpaired) electrons. The van der Waals surface area contributed by atoms with Crippen molar-refractivity contribution in [1.82, 2.24) is 0 Å². The number of rotatable bonds is 6. The standard InChI is InChI=1S/2C21H22P.Fe/c2*1-15-9-7-13-20(17(15)3)22(19-11-5-6-12-19)21-14-8-10-16(2)18(21)4;/h2*5-14H,1-4H3;/q2*-1;+2. The van der Waals surface area contributed by atoms with Gasteiger partial charge in [0.25, 0.3) is 0 Å². The molecule has 45 heavy (non-hydrogen) atoms. The van der Waals surface area contributed by atoms with Crippen LogP contribution >= 0.6 is 15.8 Å². The summed E-state index contributed by atoms with van der Waals surface area (Å²) >= 11 is 0. The van der Waals surface area contributed by atoms with E-state index in [1.54, 1.807) is 0 Å². The van der Waals surface area contributed by atoms with Gasteiger partial charge in [0.05, 0.1) is 0 Å². The maximum absolute atomic E-state index is 2.31. The molecule has 0 N–H and O–H groups in total. The van der Waals surface area contributed by atoms with Crippen LogP contribution < -0.4 is 31.8 Å². The first-order valence-corrected chi connectivity index (χ1v) is 18.2. The van der Waals surface area contributed by atoms with Crippen molar-refractivity contribution in [3.05, 3.63) is 166 Å². The van der Waals surface area contributed by atoms with Gasteiger partial charge in [0.1, 0.15) is 0 Å². The largest absolute Gasteiger partial charge is 2.00 e. The van der Waals surface area contributed by atoms with Gasteiger partial charge in [-0.1, -0.05) is 72.8 Å². The van der Waals surface area contributed by atoms with E-state index < -0.39 is 15.8 Å². The molecule has 0 fully saturated rings. The molecular formula is C42H44FeP2. The average Bonchev–Trinajstić information content (AvgIpc) is 3.74. The first-order valence-electron chi connectivity index (χ1n) is 15.5. The molecular weight excluding hydrogens is 622 g/mol. The van der Waals surface area contributed by atoms with Gasteiger partial charge >= 0.3 is 17.1 Å². The van der Waals surface area contributed by atoms with Gasteiger partial charge in [0.15, 0.2) is 0 Å². The minimum Gasteiger partial charge on any atom is -0.213 e. The Morgan fingerprint density at radius 3 is 0.844 bits per heavy atom. The zero-order valence-electron chi connectivity index (χ0n) is 27.8. The van der Waals surface area contributed by atoms with Gasteiger partial charge in [-0.2, -0.15) is 24.3 Å². The maximum atomic E-state index is 2.31. The summed E-state index contributed by atoms with van der Waals surface area (Å²) in [6.07, 6.45) is 0. The minimum atomic E-state index is -0.483. The van der Waals surface area contributed by atoms with E-state index in [4.69, 9.17) is 0 Å². The molecule has 0 heterocycles. The van der Waals surface area contributed by atoms with E-state index in [1.807, 2.05) is 0 Å². The van der Waals surface area contributed by atoms with Gasteiger partial charge in [0.2, 0.25) is 0 Å². The van der Waals surface area contributed by atoms with E-state index in [-0.39, 0.29) is 17.1 Å². The van der Waals surface area contributed by atoms with Crippen LogP contribution in [-0.4, -0.2) is 0 Å². The second kappa shape index (κ2) is 15.5. The van der Waals surface area contributed by atoms with Crippen LogP contribution in [0.3, 0.4) is 0 Å². The molecule has 0 spiro atoms. The summed E-state index contributed by atoms with van der Waals surface area (Å²) in [6, 6.07) is 44.6. The zero-order chi connectivity index (χ0) is 31.4. The van der Waals surface area contributed by atoms with Crippen molar-refractivity contribution in [3.8, 4) is 0 Å². The van der Waals surface area contributed by atoms with Crippen molar-refractivity contribution in [2.75, 3.05) is 0 Å². The van der Waals surface area contributed by atoms with Gasteiger partial charge in [0, 0.05) is 0 Å². The quantitative estimate of drug-likeness (QED) is 0.0948. The predicted octanol–water partition coefficient (Wildman–Crippen LogP) is 8.79. The molecule has 0 nitrogen and oxygen atoms in total. The fourth-order valence-corrected chi connectivity index (χ4v) is 11.3. The molecule has 0 aromatic heterocycles. The Balaban J connectivity index is 0.000000200. The van der Waals surface area contributed by atoms with Crippen LogP contribution in [0, 0.1) is 55.4 Å². The Morgan fingerprint density at radius 1 is 0.356 bits per heavy atom. The second-order valence-electron chi connectivity index (χ2n) is 11.8. The fraction of sp³-hybridized carbons (Fsp3) is 0.190. The number of hydrogen-bond acceptors (Lipinski definition) is 0. The van der Waals surface area contributed by atoms with Crippen LogP contribution in [0.4, 0.5) is 0 Å². The van der Waals surface area contributed by atoms with Crippen molar-refractivity contribution >= 4 is 47.7 Å². The second-order valence-corrected chi connectivity index (χ2v) is 16.1. The Bertz CT molecular complexity index is 1600. The third-order valence-electron chi connectivity index (χ3n) is 9.07. The van der Waals surface area contributed by atoms with Crippen LogP contribution in [0.15, 0.2) is 121 Å². The van der Waals surface area contributed by atoms with Gasteiger partial charge in [-0.3, -0.25) is 0 Å². The maximum Gasteiger partial charge on any atom is 2.00 e. The predicted molar refractivity (Wildman–Crippen MR) is 199 cm³/mol. The smallest absolute Gasteiger partial charge is 0.213 e. The first kappa shape index (κ1) is 34.8. The van der Waals surface area contributed by atoms with Crippen molar-refractivity contribution in [2.45, 2.75) is 55.4 Å². The third kappa shape index (κ3) is 7.51.